The summed E-state index contributed by atoms with van der Waals surface area (Å²) in [6.45, 7) is 0. The maximum atomic E-state index is 6.05. The van der Waals surface area contributed by atoms with E-state index in [2.05, 4.69) is 9.97 Å². The Morgan fingerprint density at radius 3 is 2.83 bits per heavy atom. The Labute approximate surface area is 72.4 Å². The molecule has 0 amide bonds. The first-order chi connectivity index (χ1) is 5.88. The number of nitrogens with two attached hydrogens (primary N) is 1. The van der Waals surface area contributed by atoms with E-state index in [1.54, 1.807) is 6.20 Å². The predicted molar refractivity (Wildman–Crippen MR) is 47.5 cm³/mol. The van der Waals surface area contributed by atoms with Crippen molar-refractivity contribution in [1.29, 1.82) is 0 Å². The summed E-state index contributed by atoms with van der Waals surface area (Å²) in [6, 6.07) is 0.127. The first-order valence-corrected chi connectivity index (χ1v) is 4.63. The maximum absolute atomic E-state index is 6.05. The average Bonchev–Trinajstić information content (AvgIpc) is 2.77. The third kappa shape index (κ3) is 1.37. The van der Waals surface area contributed by atoms with Gasteiger partial charge in [-0.1, -0.05) is 12.8 Å². The van der Waals surface area contributed by atoms with Crippen molar-refractivity contribution in [1.82, 2.24) is 9.97 Å². The largest absolute Gasteiger partial charge is 0.347 e. The lowest BCUT2D eigenvalue weighted by Gasteiger charge is -2.15. The van der Waals surface area contributed by atoms with Gasteiger partial charge < -0.3 is 10.7 Å². The third-order valence-electron chi connectivity index (χ3n) is 2.74. The Kier molecular flexibility index (Phi) is 2.13. The van der Waals surface area contributed by atoms with Crippen molar-refractivity contribution < 1.29 is 0 Å². The first kappa shape index (κ1) is 7.80. The van der Waals surface area contributed by atoms with E-state index in [4.69, 9.17) is 5.73 Å². The summed E-state index contributed by atoms with van der Waals surface area (Å²) in [6.07, 6.45) is 8.80. The maximum Gasteiger partial charge on any atom is 0.123 e. The van der Waals surface area contributed by atoms with Gasteiger partial charge in [-0.2, -0.15) is 0 Å². The minimum Gasteiger partial charge on any atom is -0.347 e. The summed E-state index contributed by atoms with van der Waals surface area (Å²) in [7, 11) is 0. The van der Waals surface area contributed by atoms with Gasteiger partial charge in [0.15, 0.2) is 0 Å². The fourth-order valence-corrected chi connectivity index (χ4v) is 2.00. The number of rotatable bonds is 2. The van der Waals surface area contributed by atoms with Gasteiger partial charge in [0.05, 0.1) is 6.04 Å². The van der Waals surface area contributed by atoms with Crippen molar-refractivity contribution in [2.45, 2.75) is 31.7 Å². The molecule has 1 aromatic heterocycles. The molecule has 0 bridgehead atoms. The highest BCUT2D eigenvalue weighted by Gasteiger charge is 2.24. The molecular weight excluding hydrogens is 150 g/mol. The summed E-state index contributed by atoms with van der Waals surface area (Å²) < 4.78 is 0. The predicted octanol–water partition coefficient (Wildman–Crippen LogP) is 1.60. The quantitative estimate of drug-likeness (QED) is 0.699. The molecule has 3 N–H and O–H groups in total. The number of aromatic nitrogens is 2. The van der Waals surface area contributed by atoms with Gasteiger partial charge in [0.25, 0.3) is 0 Å². The van der Waals surface area contributed by atoms with Gasteiger partial charge in [-0.25, -0.2) is 4.98 Å². The van der Waals surface area contributed by atoms with Crippen LogP contribution in [0.3, 0.4) is 0 Å². The lowest BCUT2D eigenvalue weighted by molar-refractivity contribution is 0.430. The average molecular weight is 165 g/mol. The van der Waals surface area contributed by atoms with Crippen LogP contribution in [0.5, 0.6) is 0 Å². The zero-order valence-corrected chi connectivity index (χ0v) is 7.16. The monoisotopic (exact) mass is 165 g/mol. The highest BCUT2D eigenvalue weighted by molar-refractivity contribution is 4.97. The van der Waals surface area contributed by atoms with Crippen LogP contribution in [-0.4, -0.2) is 9.97 Å². The van der Waals surface area contributed by atoms with Crippen LogP contribution in [0.1, 0.15) is 37.5 Å². The number of H-pyrrole nitrogens is 1. The van der Waals surface area contributed by atoms with Crippen LogP contribution in [-0.2, 0) is 0 Å². The topological polar surface area (TPSA) is 54.7 Å². The fraction of sp³-hybridized carbons (Fsp3) is 0.667. The van der Waals surface area contributed by atoms with E-state index in [0.29, 0.717) is 5.92 Å². The number of nitrogens with zero attached hydrogens (tertiary/aromatic N) is 1. The Morgan fingerprint density at radius 1 is 1.50 bits per heavy atom. The zero-order chi connectivity index (χ0) is 8.39. The van der Waals surface area contributed by atoms with Crippen LogP contribution in [0.15, 0.2) is 12.4 Å². The molecule has 0 radical (unpaired) electrons. The molecule has 0 aromatic carbocycles. The van der Waals surface area contributed by atoms with Crippen LogP contribution in [0.2, 0.25) is 0 Å². The van der Waals surface area contributed by atoms with Gasteiger partial charge >= 0.3 is 0 Å². The molecule has 1 aliphatic rings. The van der Waals surface area contributed by atoms with Crippen molar-refractivity contribution in [3.05, 3.63) is 18.2 Å². The fourth-order valence-electron chi connectivity index (χ4n) is 2.00. The Hall–Kier alpha value is -0.830. The molecule has 1 fully saturated rings. The Morgan fingerprint density at radius 2 is 2.25 bits per heavy atom. The summed E-state index contributed by atoms with van der Waals surface area (Å²) in [5.41, 5.74) is 6.05. The molecule has 3 nitrogen and oxygen atoms in total. The molecule has 1 saturated carbocycles. The molecule has 2 rings (SSSR count). The van der Waals surface area contributed by atoms with Crippen LogP contribution in [0.25, 0.3) is 0 Å². The van der Waals surface area contributed by atoms with Crippen molar-refractivity contribution in [2.75, 3.05) is 0 Å². The molecule has 3 heteroatoms. The number of aromatic amines is 1. The smallest absolute Gasteiger partial charge is 0.123 e. The minimum atomic E-state index is 0.127. The highest BCUT2D eigenvalue weighted by atomic mass is 14.9. The van der Waals surface area contributed by atoms with Gasteiger partial charge in [-0.3, -0.25) is 0 Å². The summed E-state index contributed by atoms with van der Waals surface area (Å²) in [5.74, 6) is 1.60. The van der Waals surface area contributed by atoms with Crippen molar-refractivity contribution in [3.63, 3.8) is 0 Å². The van der Waals surface area contributed by atoms with E-state index in [-0.39, 0.29) is 6.04 Å². The summed E-state index contributed by atoms with van der Waals surface area (Å²) in [5, 5.41) is 0. The van der Waals surface area contributed by atoms with Gasteiger partial charge in [0.2, 0.25) is 0 Å². The van der Waals surface area contributed by atoms with E-state index in [1.807, 2.05) is 6.20 Å². The van der Waals surface area contributed by atoms with Gasteiger partial charge in [-0.15, -0.1) is 0 Å². The molecule has 0 aliphatic heterocycles. The van der Waals surface area contributed by atoms with Gasteiger partial charge in [0.1, 0.15) is 5.82 Å². The van der Waals surface area contributed by atoms with E-state index < -0.39 is 0 Å². The van der Waals surface area contributed by atoms with Crippen LogP contribution >= 0.6 is 0 Å². The molecule has 0 spiro atoms. The number of hydrogen-bond acceptors (Lipinski definition) is 2. The molecule has 1 heterocycles. The molecule has 66 valence electrons. The van der Waals surface area contributed by atoms with Crippen molar-refractivity contribution in [2.24, 2.45) is 11.7 Å². The molecule has 12 heavy (non-hydrogen) atoms. The van der Waals surface area contributed by atoms with Gasteiger partial charge in [-0.05, 0) is 18.8 Å². The zero-order valence-electron chi connectivity index (χ0n) is 7.16. The van der Waals surface area contributed by atoms with Crippen molar-refractivity contribution >= 4 is 0 Å². The molecule has 0 saturated heterocycles. The number of hydrogen-bond donors (Lipinski definition) is 2. The molecular formula is C9H15N3. The lowest BCUT2D eigenvalue weighted by atomic mass is 9.99. The van der Waals surface area contributed by atoms with E-state index in [9.17, 15) is 0 Å². The second-order valence-electron chi connectivity index (χ2n) is 3.54. The summed E-state index contributed by atoms with van der Waals surface area (Å²) in [4.78, 5) is 7.26. The normalized spacial score (nSPS) is 21.4. The minimum absolute atomic E-state index is 0.127. The highest BCUT2D eigenvalue weighted by Crippen LogP contribution is 2.32. The third-order valence-corrected chi connectivity index (χ3v) is 2.74. The van der Waals surface area contributed by atoms with E-state index in [1.165, 1.54) is 25.7 Å². The van der Waals surface area contributed by atoms with Crippen LogP contribution in [0.4, 0.5) is 0 Å². The van der Waals surface area contributed by atoms with Crippen molar-refractivity contribution in [3.8, 4) is 0 Å². The SMILES string of the molecule is N[C@H](c1ncc[nH]1)C1CCCC1. The molecule has 0 unspecified atom stereocenters. The van der Waals surface area contributed by atoms with Gasteiger partial charge in [0, 0.05) is 12.4 Å². The van der Waals surface area contributed by atoms with E-state index in [0.717, 1.165) is 5.82 Å². The molecule has 1 aliphatic carbocycles. The first-order valence-electron chi connectivity index (χ1n) is 4.63. The lowest BCUT2D eigenvalue weighted by Crippen LogP contribution is -2.20. The molecule has 1 atom stereocenters. The molecule has 1 aromatic rings. The van der Waals surface area contributed by atoms with E-state index >= 15 is 0 Å². The number of nitrogens with one attached hydrogen (secondary N) is 1. The second kappa shape index (κ2) is 3.27. The van der Waals surface area contributed by atoms with Crippen LogP contribution in [0, 0.1) is 5.92 Å². The Bertz CT molecular complexity index is 224. The van der Waals surface area contributed by atoms with Crippen LogP contribution < -0.4 is 5.73 Å². The second-order valence-corrected chi connectivity index (χ2v) is 3.54. The Balaban J connectivity index is 2.04. The number of imidazole rings is 1. The summed E-state index contributed by atoms with van der Waals surface area (Å²) >= 11 is 0. The standard InChI is InChI=1S/C9H15N3/c10-8(7-3-1-2-4-7)9-11-5-6-12-9/h5-8H,1-4,10H2,(H,11,12)/t8-/m0/s1.